The van der Waals surface area contributed by atoms with Crippen LogP contribution in [0.15, 0.2) is 0 Å². The maximum Gasteiger partial charge on any atom is 0.318 e. The molecule has 9 nitrogen and oxygen atoms in total. The molecule has 0 aromatic carbocycles. The highest BCUT2D eigenvalue weighted by Crippen LogP contribution is 2.28. The summed E-state index contributed by atoms with van der Waals surface area (Å²) in [6.45, 7) is 3.41. The number of hydrogen-bond acceptors (Lipinski definition) is 5. The van der Waals surface area contributed by atoms with Gasteiger partial charge >= 0.3 is 6.03 Å². The molecule has 0 spiro atoms. The Morgan fingerprint density at radius 3 is 2.66 bits per heavy atom. The van der Waals surface area contributed by atoms with E-state index < -0.39 is 0 Å². The van der Waals surface area contributed by atoms with Crippen molar-refractivity contribution in [3.63, 3.8) is 0 Å². The first-order valence-electron chi connectivity index (χ1n) is 10.9. The number of hydrogen-bond donors (Lipinski definition) is 1. The Morgan fingerprint density at radius 1 is 1.03 bits per heavy atom. The van der Waals surface area contributed by atoms with Crippen molar-refractivity contribution in [3.8, 4) is 0 Å². The number of ether oxygens (including phenoxy) is 1. The molecule has 3 heterocycles. The zero-order valence-electron chi connectivity index (χ0n) is 17.3. The molecule has 1 N–H and O–H groups in total. The van der Waals surface area contributed by atoms with Gasteiger partial charge in [0.15, 0.2) is 5.82 Å². The van der Waals surface area contributed by atoms with E-state index in [0.29, 0.717) is 32.2 Å². The molecule has 4 rings (SSSR count). The highest BCUT2D eigenvalue weighted by molar-refractivity contribution is 5.77. The van der Waals surface area contributed by atoms with Crippen molar-refractivity contribution in [3.05, 3.63) is 11.6 Å². The number of carbonyl (C=O) groups is 2. The molecule has 1 aliphatic carbocycles. The van der Waals surface area contributed by atoms with Gasteiger partial charge in [-0.15, -0.1) is 10.2 Å². The van der Waals surface area contributed by atoms with Crippen LogP contribution in [0.5, 0.6) is 0 Å². The molecule has 1 atom stereocenters. The lowest BCUT2D eigenvalue weighted by atomic mass is 9.96. The smallest absolute Gasteiger partial charge is 0.318 e. The van der Waals surface area contributed by atoms with Crippen molar-refractivity contribution < 1.29 is 14.3 Å². The van der Waals surface area contributed by atoms with E-state index in [1.165, 1.54) is 19.3 Å². The first kappa shape index (κ1) is 20.1. The Labute approximate surface area is 171 Å². The van der Waals surface area contributed by atoms with Crippen molar-refractivity contribution in [1.29, 1.82) is 0 Å². The molecule has 3 amide bonds. The van der Waals surface area contributed by atoms with Crippen LogP contribution in [-0.4, -0.2) is 75.9 Å². The molecular formula is C20H32N6O3. The van der Waals surface area contributed by atoms with Gasteiger partial charge in [-0.2, -0.15) is 0 Å². The summed E-state index contributed by atoms with van der Waals surface area (Å²) in [4.78, 5) is 28.6. The van der Waals surface area contributed by atoms with E-state index in [-0.39, 0.29) is 24.5 Å². The van der Waals surface area contributed by atoms with Crippen LogP contribution in [0.1, 0.15) is 62.5 Å². The second kappa shape index (κ2) is 9.11. The molecule has 2 aliphatic heterocycles. The fourth-order valence-corrected chi connectivity index (χ4v) is 4.80. The molecular weight excluding hydrogens is 372 g/mol. The summed E-state index contributed by atoms with van der Waals surface area (Å²) in [7, 11) is 1.55. The van der Waals surface area contributed by atoms with Gasteiger partial charge in [0, 0.05) is 45.2 Å². The summed E-state index contributed by atoms with van der Waals surface area (Å²) in [6.07, 6.45) is 7.80. The molecule has 1 aromatic heterocycles. The maximum absolute atomic E-state index is 12.7. The Morgan fingerprint density at radius 2 is 1.86 bits per heavy atom. The van der Waals surface area contributed by atoms with Gasteiger partial charge in [-0.25, -0.2) is 4.79 Å². The number of nitrogens with zero attached hydrogens (tertiary/aromatic N) is 5. The Bertz CT molecular complexity index is 730. The van der Waals surface area contributed by atoms with E-state index >= 15 is 0 Å². The minimum Gasteiger partial charge on any atom is -0.375 e. The third-order valence-electron chi connectivity index (χ3n) is 6.41. The lowest BCUT2D eigenvalue weighted by Crippen LogP contribution is -2.48. The SMILES string of the molecule is COCC(=O)N1CCCC(c2nnc3n2CCN(C(=O)NC2CCCCC2)C3)C1. The van der Waals surface area contributed by atoms with Gasteiger partial charge in [0.1, 0.15) is 12.4 Å². The molecule has 2 fully saturated rings. The van der Waals surface area contributed by atoms with Gasteiger partial charge in [-0.1, -0.05) is 19.3 Å². The molecule has 3 aliphatic rings. The van der Waals surface area contributed by atoms with Crippen LogP contribution in [0.4, 0.5) is 4.79 Å². The van der Waals surface area contributed by atoms with Gasteiger partial charge in [0.05, 0.1) is 6.54 Å². The van der Waals surface area contributed by atoms with Crippen molar-refractivity contribution in [1.82, 2.24) is 29.9 Å². The molecule has 1 saturated carbocycles. The van der Waals surface area contributed by atoms with Crippen LogP contribution in [-0.2, 0) is 22.6 Å². The number of likely N-dealkylation sites (tertiary alicyclic amines) is 1. The van der Waals surface area contributed by atoms with E-state index in [1.807, 2.05) is 9.80 Å². The average molecular weight is 405 g/mol. The number of piperidine rings is 1. The topological polar surface area (TPSA) is 92.6 Å². The Balaban J connectivity index is 1.38. The minimum atomic E-state index is 0.0155. The van der Waals surface area contributed by atoms with Crippen LogP contribution in [0.2, 0.25) is 0 Å². The predicted octanol–water partition coefficient (Wildman–Crippen LogP) is 1.49. The van der Waals surface area contributed by atoms with E-state index in [1.54, 1.807) is 7.11 Å². The molecule has 160 valence electrons. The monoisotopic (exact) mass is 404 g/mol. The van der Waals surface area contributed by atoms with E-state index in [4.69, 9.17) is 4.74 Å². The second-order valence-electron chi connectivity index (χ2n) is 8.44. The van der Waals surface area contributed by atoms with E-state index in [0.717, 1.165) is 43.9 Å². The number of nitrogens with one attached hydrogen (secondary N) is 1. The van der Waals surface area contributed by atoms with Crippen LogP contribution in [0.3, 0.4) is 0 Å². The predicted molar refractivity (Wildman–Crippen MR) is 106 cm³/mol. The molecule has 0 radical (unpaired) electrons. The van der Waals surface area contributed by atoms with Crippen LogP contribution in [0.25, 0.3) is 0 Å². The molecule has 9 heteroatoms. The zero-order chi connectivity index (χ0) is 20.2. The third-order valence-corrected chi connectivity index (χ3v) is 6.41. The van der Waals surface area contributed by atoms with Gasteiger partial charge in [0.2, 0.25) is 5.91 Å². The highest BCUT2D eigenvalue weighted by atomic mass is 16.5. The average Bonchev–Trinajstić information content (AvgIpc) is 3.18. The third kappa shape index (κ3) is 4.55. The van der Waals surface area contributed by atoms with Crippen molar-refractivity contribution in [2.75, 3.05) is 33.4 Å². The summed E-state index contributed by atoms with van der Waals surface area (Å²) in [5.74, 6) is 2.00. The number of aromatic nitrogens is 3. The number of amides is 3. The number of fused-ring (bicyclic) bond motifs is 1. The lowest BCUT2D eigenvalue weighted by Gasteiger charge is -2.34. The Hall–Kier alpha value is -2.16. The van der Waals surface area contributed by atoms with Crippen molar-refractivity contribution in [2.45, 2.75) is 70.0 Å². The molecule has 0 bridgehead atoms. The number of rotatable bonds is 4. The quantitative estimate of drug-likeness (QED) is 0.821. The van der Waals surface area contributed by atoms with Crippen LogP contribution >= 0.6 is 0 Å². The second-order valence-corrected chi connectivity index (χ2v) is 8.44. The van der Waals surface area contributed by atoms with E-state index in [9.17, 15) is 9.59 Å². The van der Waals surface area contributed by atoms with Gasteiger partial charge < -0.3 is 24.4 Å². The molecule has 1 saturated heterocycles. The largest absolute Gasteiger partial charge is 0.375 e. The molecule has 29 heavy (non-hydrogen) atoms. The summed E-state index contributed by atoms with van der Waals surface area (Å²) in [5.41, 5.74) is 0. The zero-order valence-corrected chi connectivity index (χ0v) is 17.3. The number of methoxy groups -OCH3 is 1. The fourth-order valence-electron chi connectivity index (χ4n) is 4.80. The van der Waals surface area contributed by atoms with Crippen LogP contribution in [0, 0.1) is 0 Å². The van der Waals surface area contributed by atoms with Crippen LogP contribution < -0.4 is 5.32 Å². The van der Waals surface area contributed by atoms with Gasteiger partial charge in [-0.05, 0) is 25.7 Å². The number of carbonyl (C=O) groups excluding carboxylic acids is 2. The van der Waals surface area contributed by atoms with Crippen molar-refractivity contribution in [2.24, 2.45) is 0 Å². The highest BCUT2D eigenvalue weighted by Gasteiger charge is 2.32. The van der Waals surface area contributed by atoms with Crippen molar-refractivity contribution >= 4 is 11.9 Å². The fraction of sp³-hybridized carbons (Fsp3) is 0.800. The normalized spacial score (nSPS) is 23.0. The Kier molecular flexibility index (Phi) is 6.32. The molecule has 1 unspecified atom stereocenters. The summed E-state index contributed by atoms with van der Waals surface area (Å²) in [5, 5.41) is 12.0. The van der Waals surface area contributed by atoms with Gasteiger partial charge in [-0.3, -0.25) is 4.79 Å². The minimum absolute atomic E-state index is 0.0155. The van der Waals surface area contributed by atoms with E-state index in [2.05, 4.69) is 20.1 Å². The first-order valence-corrected chi connectivity index (χ1v) is 10.9. The summed E-state index contributed by atoms with van der Waals surface area (Å²) in [6, 6.07) is 0.325. The standard InChI is InChI=1S/C20H32N6O3/c1-29-14-18(27)24-9-5-6-15(12-24)19-23-22-17-13-25(10-11-26(17)19)20(28)21-16-7-3-2-4-8-16/h15-16H,2-14H2,1H3,(H,21,28). The summed E-state index contributed by atoms with van der Waals surface area (Å²) >= 11 is 0. The lowest BCUT2D eigenvalue weighted by molar-refractivity contribution is -0.136. The summed E-state index contributed by atoms with van der Waals surface area (Å²) < 4.78 is 7.15. The van der Waals surface area contributed by atoms with Gasteiger partial charge in [0.25, 0.3) is 0 Å². The number of urea groups is 1. The molecule has 1 aromatic rings. The maximum atomic E-state index is 12.7. The first-order chi connectivity index (χ1) is 14.2.